The van der Waals surface area contributed by atoms with Crippen molar-refractivity contribution in [3.05, 3.63) is 0 Å². The summed E-state index contributed by atoms with van der Waals surface area (Å²) in [6, 6.07) is 0.410. The SMILES string of the molecule is CCC1CCCCC1NC(=O)CCN. The van der Waals surface area contributed by atoms with Crippen molar-refractivity contribution < 1.29 is 4.79 Å². The Morgan fingerprint density at radius 1 is 1.43 bits per heavy atom. The van der Waals surface area contributed by atoms with E-state index in [1.807, 2.05) is 0 Å². The molecular weight excluding hydrogens is 176 g/mol. The van der Waals surface area contributed by atoms with Gasteiger partial charge in [0.1, 0.15) is 0 Å². The van der Waals surface area contributed by atoms with E-state index in [0.29, 0.717) is 24.9 Å². The van der Waals surface area contributed by atoms with Crippen molar-refractivity contribution >= 4 is 5.91 Å². The third kappa shape index (κ3) is 3.29. The molecule has 1 aliphatic rings. The van der Waals surface area contributed by atoms with Crippen LogP contribution in [-0.4, -0.2) is 18.5 Å². The van der Waals surface area contributed by atoms with Crippen molar-refractivity contribution in [3.63, 3.8) is 0 Å². The Morgan fingerprint density at radius 2 is 2.14 bits per heavy atom. The van der Waals surface area contributed by atoms with E-state index in [0.717, 1.165) is 6.42 Å². The van der Waals surface area contributed by atoms with Gasteiger partial charge in [-0.05, 0) is 18.8 Å². The molecule has 1 amide bonds. The number of nitrogens with one attached hydrogen (secondary N) is 1. The summed E-state index contributed by atoms with van der Waals surface area (Å²) in [5.41, 5.74) is 5.34. The molecule has 0 heterocycles. The van der Waals surface area contributed by atoms with E-state index in [4.69, 9.17) is 5.73 Å². The number of nitrogens with two attached hydrogens (primary N) is 1. The molecule has 3 nitrogen and oxygen atoms in total. The summed E-state index contributed by atoms with van der Waals surface area (Å²) >= 11 is 0. The Balaban J connectivity index is 2.36. The highest BCUT2D eigenvalue weighted by atomic mass is 16.1. The first kappa shape index (κ1) is 11.5. The fraction of sp³-hybridized carbons (Fsp3) is 0.909. The second-order valence-corrected chi connectivity index (χ2v) is 4.17. The Kier molecular flexibility index (Phi) is 4.94. The maximum absolute atomic E-state index is 11.4. The van der Waals surface area contributed by atoms with Crippen LogP contribution in [0, 0.1) is 5.92 Å². The van der Waals surface area contributed by atoms with Crippen LogP contribution in [0.25, 0.3) is 0 Å². The molecule has 0 bridgehead atoms. The molecule has 1 rings (SSSR count). The Hall–Kier alpha value is -0.570. The Bertz CT molecular complexity index is 182. The van der Waals surface area contributed by atoms with Crippen LogP contribution in [0.1, 0.15) is 45.4 Å². The van der Waals surface area contributed by atoms with E-state index in [1.165, 1.54) is 25.7 Å². The van der Waals surface area contributed by atoms with Crippen LogP contribution in [0.15, 0.2) is 0 Å². The van der Waals surface area contributed by atoms with E-state index in [1.54, 1.807) is 0 Å². The quantitative estimate of drug-likeness (QED) is 0.718. The molecule has 0 aromatic heterocycles. The maximum Gasteiger partial charge on any atom is 0.221 e. The summed E-state index contributed by atoms with van der Waals surface area (Å²) in [5, 5.41) is 3.10. The highest BCUT2D eigenvalue weighted by molar-refractivity contribution is 5.76. The molecule has 0 aromatic carbocycles. The molecule has 2 atom stereocenters. The lowest BCUT2D eigenvalue weighted by Gasteiger charge is -2.31. The molecule has 3 N–H and O–H groups in total. The monoisotopic (exact) mass is 198 g/mol. The minimum atomic E-state index is 0.123. The summed E-state index contributed by atoms with van der Waals surface area (Å²) in [6.07, 6.45) is 6.63. The van der Waals surface area contributed by atoms with Crippen LogP contribution >= 0.6 is 0 Å². The van der Waals surface area contributed by atoms with Gasteiger partial charge in [0.25, 0.3) is 0 Å². The summed E-state index contributed by atoms with van der Waals surface area (Å²) in [7, 11) is 0. The molecule has 1 saturated carbocycles. The Morgan fingerprint density at radius 3 is 2.79 bits per heavy atom. The van der Waals surface area contributed by atoms with E-state index in [-0.39, 0.29) is 5.91 Å². The van der Waals surface area contributed by atoms with Crippen molar-refractivity contribution in [2.75, 3.05) is 6.54 Å². The van der Waals surface area contributed by atoms with E-state index < -0.39 is 0 Å². The van der Waals surface area contributed by atoms with Crippen LogP contribution in [0.2, 0.25) is 0 Å². The van der Waals surface area contributed by atoms with Gasteiger partial charge in [-0.3, -0.25) is 4.79 Å². The van der Waals surface area contributed by atoms with Crippen LogP contribution in [-0.2, 0) is 4.79 Å². The summed E-state index contributed by atoms with van der Waals surface area (Å²) in [4.78, 5) is 11.4. The van der Waals surface area contributed by atoms with Gasteiger partial charge >= 0.3 is 0 Å². The number of rotatable bonds is 4. The third-order valence-corrected chi connectivity index (χ3v) is 3.15. The van der Waals surface area contributed by atoms with Crippen molar-refractivity contribution in [1.29, 1.82) is 0 Å². The molecule has 0 saturated heterocycles. The zero-order chi connectivity index (χ0) is 10.4. The summed E-state index contributed by atoms with van der Waals surface area (Å²) < 4.78 is 0. The fourth-order valence-corrected chi connectivity index (χ4v) is 2.30. The van der Waals surface area contributed by atoms with Crippen molar-refractivity contribution in [2.24, 2.45) is 11.7 Å². The van der Waals surface area contributed by atoms with Crippen molar-refractivity contribution in [2.45, 2.75) is 51.5 Å². The predicted octanol–water partition coefficient (Wildman–Crippen LogP) is 1.42. The van der Waals surface area contributed by atoms with Gasteiger partial charge < -0.3 is 11.1 Å². The molecule has 82 valence electrons. The Labute approximate surface area is 86.4 Å². The third-order valence-electron chi connectivity index (χ3n) is 3.15. The molecule has 1 aliphatic carbocycles. The molecule has 0 radical (unpaired) electrons. The highest BCUT2D eigenvalue weighted by Crippen LogP contribution is 2.26. The van der Waals surface area contributed by atoms with Crippen molar-refractivity contribution in [3.8, 4) is 0 Å². The zero-order valence-corrected chi connectivity index (χ0v) is 9.09. The van der Waals surface area contributed by atoms with Crippen molar-refractivity contribution in [1.82, 2.24) is 5.32 Å². The van der Waals surface area contributed by atoms with Gasteiger partial charge in [0, 0.05) is 19.0 Å². The van der Waals surface area contributed by atoms with Crippen LogP contribution in [0.5, 0.6) is 0 Å². The second-order valence-electron chi connectivity index (χ2n) is 4.17. The maximum atomic E-state index is 11.4. The molecule has 1 fully saturated rings. The second kappa shape index (κ2) is 6.02. The molecule has 2 unspecified atom stereocenters. The van der Waals surface area contributed by atoms with Gasteiger partial charge in [0.2, 0.25) is 5.91 Å². The first-order valence-electron chi connectivity index (χ1n) is 5.77. The van der Waals surface area contributed by atoms with Gasteiger partial charge in [0.05, 0.1) is 0 Å². The minimum Gasteiger partial charge on any atom is -0.353 e. The lowest BCUT2D eigenvalue weighted by molar-refractivity contribution is -0.122. The van der Waals surface area contributed by atoms with Crippen LogP contribution in [0.4, 0.5) is 0 Å². The number of amides is 1. The first-order chi connectivity index (χ1) is 6.77. The fourth-order valence-electron chi connectivity index (χ4n) is 2.30. The summed E-state index contributed by atoms with van der Waals surface area (Å²) in [6.45, 7) is 2.66. The normalized spacial score (nSPS) is 27.3. The predicted molar refractivity (Wildman–Crippen MR) is 57.9 cm³/mol. The van der Waals surface area contributed by atoms with Gasteiger partial charge in [-0.1, -0.05) is 26.2 Å². The molecule has 3 heteroatoms. The van der Waals surface area contributed by atoms with E-state index in [2.05, 4.69) is 12.2 Å². The zero-order valence-electron chi connectivity index (χ0n) is 9.09. The first-order valence-corrected chi connectivity index (χ1v) is 5.77. The molecule has 14 heavy (non-hydrogen) atoms. The average molecular weight is 198 g/mol. The van der Waals surface area contributed by atoms with Crippen LogP contribution in [0.3, 0.4) is 0 Å². The smallest absolute Gasteiger partial charge is 0.221 e. The molecule has 0 aromatic rings. The largest absolute Gasteiger partial charge is 0.353 e. The number of carbonyl (C=O) groups is 1. The molecule has 0 aliphatic heterocycles. The standard InChI is InChI=1S/C11H22N2O/c1-2-9-5-3-4-6-10(9)13-11(14)7-8-12/h9-10H,2-8,12H2,1H3,(H,13,14). The minimum absolute atomic E-state index is 0.123. The summed E-state index contributed by atoms with van der Waals surface area (Å²) in [5.74, 6) is 0.809. The van der Waals surface area contributed by atoms with Gasteiger partial charge in [-0.2, -0.15) is 0 Å². The lowest BCUT2D eigenvalue weighted by atomic mass is 9.83. The number of carbonyl (C=O) groups excluding carboxylic acids is 1. The average Bonchev–Trinajstić information content (AvgIpc) is 2.19. The molecule has 0 spiro atoms. The number of hydrogen-bond donors (Lipinski definition) is 2. The van der Waals surface area contributed by atoms with Gasteiger partial charge in [0.15, 0.2) is 0 Å². The van der Waals surface area contributed by atoms with Crippen LogP contribution < -0.4 is 11.1 Å². The topological polar surface area (TPSA) is 55.1 Å². The molecular formula is C11H22N2O. The highest BCUT2D eigenvalue weighted by Gasteiger charge is 2.24. The van der Waals surface area contributed by atoms with Gasteiger partial charge in [-0.25, -0.2) is 0 Å². The van der Waals surface area contributed by atoms with Gasteiger partial charge in [-0.15, -0.1) is 0 Å². The van der Waals surface area contributed by atoms with E-state index in [9.17, 15) is 4.79 Å². The number of hydrogen-bond acceptors (Lipinski definition) is 2. The lowest BCUT2D eigenvalue weighted by Crippen LogP contribution is -2.42. The van der Waals surface area contributed by atoms with E-state index >= 15 is 0 Å².